The van der Waals surface area contributed by atoms with Gasteiger partial charge in [0.05, 0.1) is 0 Å². The fourth-order valence-corrected chi connectivity index (χ4v) is 2.28. The Kier molecular flexibility index (Phi) is 8.37. The van der Waals surface area contributed by atoms with Crippen LogP contribution in [0.1, 0.15) is 67.4 Å². The van der Waals surface area contributed by atoms with E-state index in [1.54, 1.807) is 0 Å². The van der Waals surface area contributed by atoms with Crippen LogP contribution in [0.4, 0.5) is 0 Å². The first-order valence-electron chi connectivity index (χ1n) is 7.91. The molecule has 0 unspecified atom stereocenters. The van der Waals surface area contributed by atoms with Crippen LogP contribution in [0.2, 0.25) is 0 Å². The van der Waals surface area contributed by atoms with Gasteiger partial charge in [0, 0.05) is 18.3 Å². The van der Waals surface area contributed by atoms with E-state index in [0.717, 1.165) is 19.3 Å². The van der Waals surface area contributed by atoms with Crippen molar-refractivity contribution in [1.29, 1.82) is 0 Å². The number of hydrogen-bond donors (Lipinski definition) is 0. The van der Waals surface area contributed by atoms with Crippen LogP contribution in [-0.2, 0) is 6.42 Å². The van der Waals surface area contributed by atoms with E-state index in [9.17, 15) is 0 Å². The topological polar surface area (TPSA) is 12.4 Å². The summed E-state index contributed by atoms with van der Waals surface area (Å²) in [6, 6.07) is 10.6. The monoisotopic (exact) mass is 301 g/mol. The predicted octanol–water partition coefficient (Wildman–Crippen LogP) is 6.69. The van der Waals surface area contributed by atoms with Gasteiger partial charge in [0.15, 0.2) is 0 Å². The zero-order valence-electron chi connectivity index (χ0n) is 14.6. The van der Waals surface area contributed by atoms with Crippen molar-refractivity contribution in [2.75, 3.05) is 0 Å². The summed E-state index contributed by atoms with van der Waals surface area (Å²) in [5.41, 5.74) is 3.47. The minimum absolute atomic E-state index is 0. The van der Waals surface area contributed by atoms with Crippen molar-refractivity contribution >= 4 is 6.21 Å². The Bertz CT molecular complexity index is 467. The van der Waals surface area contributed by atoms with E-state index < -0.39 is 0 Å². The third-order valence-corrected chi connectivity index (χ3v) is 3.00. The highest BCUT2D eigenvalue weighted by molar-refractivity contribution is 5.64. The first kappa shape index (κ1) is 20.6. The van der Waals surface area contributed by atoms with E-state index in [1.165, 1.54) is 11.3 Å². The molecule has 0 atom stereocenters. The highest BCUT2D eigenvalue weighted by atomic mass is 14.7. The smallest absolute Gasteiger partial charge is 0.0368 e. The molecule has 0 fully saturated rings. The van der Waals surface area contributed by atoms with Crippen molar-refractivity contribution in [3.63, 3.8) is 0 Å². The molecule has 0 aromatic heterocycles. The first-order chi connectivity index (χ1) is 9.66. The van der Waals surface area contributed by atoms with Crippen LogP contribution in [0.3, 0.4) is 0 Å². The molecule has 1 aliphatic heterocycles. The lowest BCUT2D eigenvalue weighted by Gasteiger charge is -2.17. The van der Waals surface area contributed by atoms with Crippen LogP contribution < -0.4 is 0 Å². The molecule has 1 aromatic rings. The number of benzene rings is 1. The first-order valence-corrected chi connectivity index (χ1v) is 7.91. The summed E-state index contributed by atoms with van der Waals surface area (Å²) in [7, 11) is 0. The van der Waals surface area contributed by atoms with Crippen molar-refractivity contribution in [1.82, 2.24) is 0 Å². The molecule has 0 N–H and O–H groups in total. The maximum absolute atomic E-state index is 4.26. The van der Waals surface area contributed by atoms with Gasteiger partial charge in [-0.3, -0.25) is 4.99 Å². The summed E-state index contributed by atoms with van der Waals surface area (Å²) in [5, 5.41) is 0. The van der Waals surface area contributed by atoms with Crippen molar-refractivity contribution in [2.45, 2.75) is 68.2 Å². The number of allylic oxidation sites excluding steroid dienone is 2. The summed E-state index contributed by atoms with van der Waals surface area (Å²) in [6.07, 6.45) is 7.47. The van der Waals surface area contributed by atoms with Gasteiger partial charge in [0.1, 0.15) is 0 Å². The highest BCUT2D eigenvalue weighted by Gasteiger charge is 2.13. The lowest BCUT2D eigenvalue weighted by atomic mass is 9.88. The van der Waals surface area contributed by atoms with Gasteiger partial charge in [0.25, 0.3) is 0 Å². The van der Waals surface area contributed by atoms with Gasteiger partial charge in [-0.15, -0.1) is 0 Å². The normalized spacial score (nSPS) is 13.8. The predicted molar refractivity (Wildman–Crippen MR) is 102 cm³/mol. The molecule has 0 aliphatic carbocycles. The van der Waals surface area contributed by atoms with Gasteiger partial charge in [0.2, 0.25) is 0 Å². The highest BCUT2D eigenvalue weighted by Crippen LogP contribution is 2.26. The molecule has 1 aliphatic rings. The summed E-state index contributed by atoms with van der Waals surface area (Å²) < 4.78 is 0. The van der Waals surface area contributed by atoms with E-state index in [4.69, 9.17) is 0 Å². The maximum Gasteiger partial charge on any atom is 0.0368 e. The number of rotatable bonds is 2. The standard InChI is InChI=1S/C11H16.C9H15N.CH4/c1-11(2,3)9-10-7-5-4-6-8-10;1-9(2,3)7-8-5-4-6-10-8;/h4-8H,9H2,1-3H3;5-6H,4,7H2,1-3H3;1H4. The third-order valence-electron chi connectivity index (χ3n) is 3.00. The summed E-state index contributed by atoms with van der Waals surface area (Å²) in [5.74, 6) is 0. The second-order valence-electron chi connectivity index (χ2n) is 8.20. The molecule has 0 amide bonds. The summed E-state index contributed by atoms with van der Waals surface area (Å²) in [6.45, 7) is 13.5. The molecule has 1 nitrogen and oxygen atoms in total. The zero-order chi connectivity index (χ0) is 15.9. The van der Waals surface area contributed by atoms with Gasteiger partial charge in [-0.05, 0) is 29.2 Å². The molecule has 0 radical (unpaired) electrons. The molecule has 0 saturated carbocycles. The quantitative estimate of drug-likeness (QED) is 0.577. The largest absolute Gasteiger partial charge is 0.266 e. The minimum Gasteiger partial charge on any atom is -0.266 e. The summed E-state index contributed by atoms with van der Waals surface area (Å²) >= 11 is 0. The SMILES string of the molecule is C.CC(C)(C)CC1=CCC=N1.CC(C)(C)Cc1ccccc1. The lowest BCUT2D eigenvalue weighted by molar-refractivity contribution is 0.408. The van der Waals surface area contributed by atoms with Crippen LogP contribution in [0, 0.1) is 10.8 Å². The number of hydrogen-bond acceptors (Lipinski definition) is 1. The number of aliphatic imine (C=N–C) groups is 1. The van der Waals surface area contributed by atoms with E-state index in [0.29, 0.717) is 10.8 Å². The van der Waals surface area contributed by atoms with Gasteiger partial charge in [-0.25, -0.2) is 0 Å². The molecule has 1 heteroatoms. The molecule has 0 bridgehead atoms. The Balaban J connectivity index is 0.000000385. The van der Waals surface area contributed by atoms with Crippen molar-refractivity contribution in [2.24, 2.45) is 15.8 Å². The molecule has 0 saturated heterocycles. The lowest BCUT2D eigenvalue weighted by Crippen LogP contribution is -2.08. The van der Waals surface area contributed by atoms with E-state index >= 15 is 0 Å². The van der Waals surface area contributed by atoms with Gasteiger partial charge >= 0.3 is 0 Å². The van der Waals surface area contributed by atoms with Crippen molar-refractivity contribution < 1.29 is 0 Å². The van der Waals surface area contributed by atoms with Crippen molar-refractivity contribution in [3.8, 4) is 0 Å². The van der Waals surface area contributed by atoms with Gasteiger partial charge < -0.3 is 0 Å². The minimum atomic E-state index is 0. The second kappa shape index (κ2) is 8.92. The fourth-order valence-electron chi connectivity index (χ4n) is 2.28. The number of nitrogens with zero attached hydrogens (tertiary/aromatic N) is 1. The molecular weight excluding hydrogens is 266 g/mol. The Morgan fingerprint density at radius 2 is 1.41 bits per heavy atom. The van der Waals surface area contributed by atoms with Crippen LogP contribution in [-0.4, -0.2) is 6.21 Å². The molecule has 2 rings (SSSR count). The van der Waals surface area contributed by atoms with Gasteiger partial charge in [-0.2, -0.15) is 0 Å². The maximum atomic E-state index is 4.26. The molecule has 1 heterocycles. The average molecular weight is 302 g/mol. The van der Waals surface area contributed by atoms with Crippen LogP contribution >= 0.6 is 0 Å². The molecule has 1 aromatic carbocycles. The van der Waals surface area contributed by atoms with Crippen LogP contribution in [0.15, 0.2) is 47.1 Å². The second-order valence-corrected chi connectivity index (χ2v) is 8.20. The average Bonchev–Trinajstić information content (AvgIpc) is 2.79. The van der Waals surface area contributed by atoms with E-state index in [2.05, 4.69) is 82.9 Å². The molecular formula is C21H35N. The molecule has 0 spiro atoms. The zero-order valence-corrected chi connectivity index (χ0v) is 14.6. The summed E-state index contributed by atoms with van der Waals surface area (Å²) in [4.78, 5) is 4.26. The van der Waals surface area contributed by atoms with Gasteiger partial charge in [-0.1, -0.05) is 85.4 Å². The Morgan fingerprint density at radius 1 is 0.864 bits per heavy atom. The molecule has 22 heavy (non-hydrogen) atoms. The Hall–Kier alpha value is -1.37. The fraction of sp³-hybridized carbons (Fsp3) is 0.571. The van der Waals surface area contributed by atoms with E-state index in [1.807, 2.05) is 6.21 Å². The van der Waals surface area contributed by atoms with E-state index in [-0.39, 0.29) is 7.43 Å². The molecule has 124 valence electrons. The van der Waals surface area contributed by atoms with Crippen molar-refractivity contribution in [3.05, 3.63) is 47.7 Å². The third kappa shape index (κ3) is 10.4. The Labute approximate surface area is 138 Å². The Morgan fingerprint density at radius 3 is 1.82 bits per heavy atom. The van der Waals surface area contributed by atoms with Crippen LogP contribution in [0.5, 0.6) is 0 Å². The van der Waals surface area contributed by atoms with Crippen LogP contribution in [0.25, 0.3) is 0 Å².